The van der Waals surface area contributed by atoms with Crippen LogP contribution in [-0.4, -0.2) is 36.8 Å². The van der Waals surface area contributed by atoms with Crippen LogP contribution >= 0.6 is 0 Å². The maximum atomic E-state index is 10.9. The fourth-order valence-electron chi connectivity index (χ4n) is 2.48. The molecule has 0 bridgehead atoms. The predicted octanol–water partition coefficient (Wildman–Crippen LogP) is 1.05. The van der Waals surface area contributed by atoms with Crippen LogP contribution in [0.2, 0.25) is 0 Å². The Bertz CT molecular complexity index is 652. The van der Waals surface area contributed by atoms with Crippen LogP contribution in [0.3, 0.4) is 0 Å². The second-order valence-electron chi connectivity index (χ2n) is 4.73. The van der Waals surface area contributed by atoms with Crippen molar-refractivity contribution in [1.82, 2.24) is 19.6 Å². The molecule has 0 saturated carbocycles. The molecule has 2 aromatic heterocycles. The molecule has 2 unspecified atom stereocenters. The van der Waals surface area contributed by atoms with Gasteiger partial charge in [0.25, 0.3) is 0 Å². The number of rotatable bonds is 2. The largest absolute Gasteiger partial charge is 0.479 e. The van der Waals surface area contributed by atoms with Crippen LogP contribution in [0.15, 0.2) is 6.07 Å². The highest BCUT2D eigenvalue weighted by molar-refractivity contribution is 5.72. The van der Waals surface area contributed by atoms with E-state index in [-0.39, 0.29) is 6.10 Å². The molecule has 0 radical (unpaired) electrons. The highest BCUT2D eigenvalue weighted by atomic mass is 16.5. The molecule has 2 aromatic rings. The van der Waals surface area contributed by atoms with Crippen LogP contribution in [0.4, 0.5) is 0 Å². The summed E-state index contributed by atoms with van der Waals surface area (Å²) in [6, 6.07) is 1.84. The van der Waals surface area contributed by atoms with Crippen molar-refractivity contribution in [3.8, 4) is 0 Å². The van der Waals surface area contributed by atoms with Gasteiger partial charge in [-0.2, -0.15) is 0 Å². The molecule has 1 aliphatic rings. The van der Waals surface area contributed by atoms with Crippen molar-refractivity contribution in [2.75, 3.05) is 0 Å². The number of carbonyl (C=O) groups is 1. The summed E-state index contributed by atoms with van der Waals surface area (Å²) in [4.78, 5) is 15.3. The molecule has 0 spiro atoms. The van der Waals surface area contributed by atoms with E-state index in [1.54, 1.807) is 0 Å². The van der Waals surface area contributed by atoms with Crippen LogP contribution in [0.1, 0.15) is 36.3 Å². The van der Waals surface area contributed by atoms with E-state index >= 15 is 0 Å². The number of carboxylic acids is 1. The molecule has 0 aliphatic carbocycles. The Labute approximate surface area is 109 Å². The molecule has 1 aliphatic heterocycles. The molecular formula is C12H14N4O3. The lowest BCUT2D eigenvalue weighted by Crippen LogP contribution is -2.19. The summed E-state index contributed by atoms with van der Waals surface area (Å²) in [7, 11) is 0. The third-order valence-electron chi connectivity index (χ3n) is 3.30. The SMILES string of the molecule is Cc1cc2nnc(C3CCC(C(=O)O)O3)n2c(C)n1. The topological polar surface area (TPSA) is 89.6 Å². The first-order valence-electron chi connectivity index (χ1n) is 6.14. The summed E-state index contributed by atoms with van der Waals surface area (Å²) < 4.78 is 7.33. The van der Waals surface area contributed by atoms with Crippen molar-refractivity contribution < 1.29 is 14.6 Å². The molecule has 1 N–H and O–H groups in total. The molecular weight excluding hydrogens is 248 g/mol. The lowest BCUT2D eigenvalue weighted by atomic mass is 10.2. The Balaban J connectivity index is 2.00. The van der Waals surface area contributed by atoms with Crippen LogP contribution in [0.5, 0.6) is 0 Å². The number of aryl methyl sites for hydroxylation is 2. The van der Waals surface area contributed by atoms with Crippen LogP contribution in [0, 0.1) is 13.8 Å². The monoisotopic (exact) mass is 262 g/mol. The minimum absolute atomic E-state index is 0.334. The number of ether oxygens (including phenoxy) is 1. The number of aliphatic carboxylic acids is 1. The number of carboxylic acid groups (broad SMARTS) is 1. The first-order chi connectivity index (χ1) is 9.06. The van der Waals surface area contributed by atoms with Crippen LogP contribution in [-0.2, 0) is 9.53 Å². The Morgan fingerprint density at radius 2 is 2.21 bits per heavy atom. The highest BCUT2D eigenvalue weighted by Crippen LogP contribution is 2.32. The smallest absolute Gasteiger partial charge is 0.332 e. The number of hydrogen-bond acceptors (Lipinski definition) is 5. The fraction of sp³-hybridized carbons (Fsp3) is 0.500. The first-order valence-corrected chi connectivity index (χ1v) is 6.14. The molecule has 7 heteroatoms. The van der Waals surface area contributed by atoms with Gasteiger partial charge in [0.05, 0.1) is 0 Å². The minimum Gasteiger partial charge on any atom is -0.479 e. The number of hydrogen-bond donors (Lipinski definition) is 1. The van der Waals surface area contributed by atoms with E-state index in [1.165, 1.54) is 0 Å². The zero-order valence-corrected chi connectivity index (χ0v) is 10.7. The summed E-state index contributed by atoms with van der Waals surface area (Å²) in [6.07, 6.45) is 0.0357. The molecule has 3 heterocycles. The van der Waals surface area contributed by atoms with Gasteiger partial charge in [0.15, 0.2) is 17.6 Å². The van der Waals surface area contributed by atoms with Crippen LogP contribution in [0.25, 0.3) is 5.65 Å². The fourth-order valence-corrected chi connectivity index (χ4v) is 2.48. The zero-order valence-electron chi connectivity index (χ0n) is 10.7. The van der Waals surface area contributed by atoms with Crippen molar-refractivity contribution in [2.24, 2.45) is 0 Å². The number of aromatic nitrogens is 4. The van der Waals surface area contributed by atoms with E-state index in [9.17, 15) is 4.79 Å². The Morgan fingerprint density at radius 1 is 1.42 bits per heavy atom. The average Bonchev–Trinajstić information content (AvgIpc) is 2.93. The standard InChI is InChI=1S/C12H14N4O3/c1-6-5-10-14-15-11(16(10)7(2)13-6)8-3-4-9(19-8)12(17)18/h5,8-9H,3-4H2,1-2H3,(H,17,18). The van der Waals surface area contributed by atoms with Gasteiger partial charge >= 0.3 is 5.97 Å². The molecule has 100 valence electrons. The quantitative estimate of drug-likeness (QED) is 0.869. The Hall–Kier alpha value is -2.02. The van der Waals surface area contributed by atoms with Crippen molar-refractivity contribution in [2.45, 2.75) is 38.9 Å². The Kier molecular flexibility index (Phi) is 2.70. The molecule has 1 fully saturated rings. The van der Waals surface area contributed by atoms with Gasteiger partial charge in [0, 0.05) is 11.8 Å². The molecule has 3 rings (SSSR count). The van der Waals surface area contributed by atoms with Gasteiger partial charge in [0.2, 0.25) is 0 Å². The lowest BCUT2D eigenvalue weighted by Gasteiger charge is -2.10. The molecule has 0 amide bonds. The van der Waals surface area contributed by atoms with Crippen LogP contribution < -0.4 is 0 Å². The number of fused-ring (bicyclic) bond motifs is 1. The molecule has 7 nitrogen and oxygen atoms in total. The molecule has 19 heavy (non-hydrogen) atoms. The maximum Gasteiger partial charge on any atom is 0.332 e. The van der Waals surface area contributed by atoms with E-state index in [0.29, 0.717) is 24.3 Å². The van der Waals surface area contributed by atoms with E-state index in [1.807, 2.05) is 24.3 Å². The van der Waals surface area contributed by atoms with E-state index in [4.69, 9.17) is 9.84 Å². The third-order valence-corrected chi connectivity index (χ3v) is 3.30. The van der Waals surface area contributed by atoms with E-state index in [0.717, 1.165) is 11.5 Å². The third kappa shape index (κ3) is 1.95. The van der Waals surface area contributed by atoms with Gasteiger partial charge in [-0.05, 0) is 26.7 Å². The molecule has 0 aromatic carbocycles. The first kappa shape index (κ1) is 12.0. The minimum atomic E-state index is -0.929. The normalized spacial score (nSPS) is 23.1. The highest BCUT2D eigenvalue weighted by Gasteiger charge is 2.34. The summed E-state index contributed by atoms with van der Waals surface area (Å²) in [5.74, 6) is 0.475. The van der Waals surface area contributed by atoms with Gasteiger partial charge in [-0.25, -0.2) is 9.78 Å². The van der Waals surface area contributed by atoms with Crippen molar-refractivity contribution in [1.29, 1.82) is 0 Å². The van der Waals surface area contributed by atoms with Gasteiger partial charge in [-0.3, -0.25) is 4.40 Å². The summed E-state index contributed by atoms with van der Waals surface area (Å²) >= 11 is 0. The summed E-state index contributed by atoms with van der Waals surface area (Å²) in [5.41, 5.74) is 1.59. The molecule has 1 saturated heterocycles. The second kappa shape index (κ2) is 4.27. The van der Waals surface area contributed by atoms with E-state index < -0.39 is 12.1 Å². The van der Waals surface area contributed by atoms with Crippen molar-refractivity contribution in [3.63, 3.8) is 0 Å². The Morgan fingerprint density at radius 3 is 2.89 bits per heavy atom. The van der Waals surface area contributed by atoms with Gasteiger partial charge in [-0.15, -0.1) is 10.2 Å². The summed E-state index contributed by atoms with van der Waals surface area (Å²) in [5, 5.41) is 17.2. The van der Waals surface area contributed by atoms with Gasteiger partial charge in [0.1, 0.15) is 11.9 Å². The van der Waals surface area contributed by atoms with Crippen molar-refractivity contribution in [3.05, 3.63) is 23.4 Å². The second-order valence-corrected chi connectivity index (χ2v) is 4.73. The maximum absolute atomic E-state index is 10.9. The molecule has 2 atom stereocenters. The van der Waals surface area contributed by atoms with E-state index in [2.05, 4.69) is 15.2 Å². The van der Waals surface area contributed by atoms with Gasteiger partial charge in [-0.1, -0.05) is 0 Å². The zero-order chi connectivity index (χ0) is 13.6. The van der Waals surface area contributed by atoms with Gasteiger partial charge < -0.3 is 9.84 Å². The number of nitrogens with zero attached hydrogens (tertiary/aromatic N) is 4. The summed E-state index contributed by atoms with van der Waals surface area (Å²) in [6.45, 7) is 3.77. The van der Waals surface area contributed by atoms with Crippen molar-refractivity contribution >= 4 is 11.6 Å². The lowest BCUT2D eigenvalue weighted by molar-refractivity contribution is -0.149. The average molecular weight is 262 g/mol. The predicted molar refractivity (Wildman–Crippen MR) is 64.7 cm³/mol.